The molecule has 3 rings (SSSR count). The summed E-state index contributed by atoms with van der Waals surface area (Å²) in [5.41, 5.74) is 0.687. The van der Waals surface area contributed by atoms with Gasteiger partial charge in [-0.1, -0.05) is 18.0 Å². The van der Waals surface area contributed by atoms with Crippen LogP contribution in [0.4, 0.5) is 0 Å². The van der Waals surface area contributed by atoms with Crippen LogP contribution in [0, 0.1) is 6.92 Å². The molecule has 0 aliphatic carbocycles. The predicted octanol–water partition coefficient (Wildman–Crippen LogP) is 3.30. The Bertz CT molecular complexity index is 783. The number of methoxy groups -OCH3 is 1. The van der Waals surface area contributed by atoms with Gasteiger partial charge in [0.1, 0.15) is 17.2 Å². The largest absolute Gasteiger partial charge is 0.497 e. The van der Waals surface area contributed by atoms with Gasteiger partial charge in [0, 0.05) is 12.6 Å². The molecule has 0 spiro atoms. The van der Waals surface area contributed by atoms with Crippen molar-refractivity contribution in [3.8, 4) is 5.75 Å². The highest BCUT2D eigenvalue weighted by Crippen LogP contribution is 2.34. The smallest absolute Gasteiger partial charge is 0.243 e. The quantitative estimate of drug-likeness (QED) is 0.846. The number of aromatic nitrogens is 1. The fraction of sp³-hybridized carbons (Fsp3) is 0.471. The van der Waals surface area contributed by atoms with Crippen molar-refractivity contribution in [1.29, 1.82) is 0 Å². The molecule has 0 saturated carbocycles. The summed E-state index contributed by atoms with van der Waals surface area (Å²) in [4.78, 5) is 0.274. The van der Waals surface area contributed by atoms with Crippen molar-refractivity contribution in [2.75, 3.05) is 13.7 Å². The molecule has 0 amide bonds. The Labute approximate surface area is 142 Å². The summed E-state index contributed by atoms with van der Waals surface area (Å²) < 4.78 is 38.2. The van der Waals surface area contributed by atoms with Crippen molar-refractivity contribution in [1.82, 2.24) is 9.46 Å². The monoisotopic (exact) mass is 350 g/mol. The third-order valence-electron chi connectivity index (χ3n) is 4.36. The molecular formula is C17H22N2O4S. The molecule has 0 bridgehead atoms. The number of nitrogens with zero attached hydrogens (tertiary/aromatic N) is 2. The third kappa shape index (κ3) is 3.32. The van der Waals surface area contributed by atoms with Crippen LogP contribution in [-0.4, -0.2) is 31.5 Å². The van der Waals surface area contributed by atoms with E-state index in [0.717, 1.165) is 25.7 Å². The number of hydrogen-bond acceptors (Lipinski definition) is 5. The van der Waals surface area contributed by atoms with Crippen molar-refractivity contribution in [3.63, 3.8) is 0 Å². The molecule has 0 radical (unpaired) electrons. The Morgan fingerprint density at radius 2 is 1.96 bits per heavy atom. The second-order valence-corrected chi connectivity index (χ2v) is 7.91. The summed E-state index contributed by atoms with van der Waals surface area (Å²) >= 11 is 0. The second-order valence-electron chi connectivity index (χ2n) is 6.02. The second kappa shape index (κ2) is 6.94. The summed E-state index contributed by atoms with van der Waals surface area (Å²) in [6.45, 7) is 2.31. The van der Waals surface area contributed by atoms with E-state index in [2.05, 4.69) is 5.16 Å². The van der Waals surface area contributed by atoms with Crippen LogP contribution in [0.1, 0.15) is 43.2 Å². The van der Waals surface area contributed by atoms with Crippen LogP contribution in [0.25, 0.3) is 0 Å². The highest BCUT2D eigenvalue weighted by Gasteiger charge is 2.35. The molecule has 1 aromatic heterocycles. The van der Waals surface area contributed by atoms with Gasteiger partial charge in [-0.2, -0.15) is 4.31 Å². The lowest BCUT2D eigenvalue weighted by Crippen LogP contribution is -2.35. The summed E-state index contributed by atoms with van der Waals surface area (Å²) in [6, 6.07) is 8.05. The number of ether oxygens (including phenoxy) is 1. The van der Waals surface area contributed by atoms with Crippen molar-refractivity contribution in [2.24, 2.45) is 0 Å². The van der Waals surface area contributed by atoms with E-state index in [4.69, 9.17) is 9.26 Å². The molecule has 24 heavy (non-hydrogen) atoms. The van der Waals surface area contributed by atoms with Gasteiger partial charge in [-0.25, -0.2) is 8.42 Å². The molecule has 2 heterocycles. The van der Waals surface area contributed by atoms with Crippen LogP contribution in [-0.2, 0) is 10.0 Å². The van der Waals surface area contributed by atoms with E-state index in [-0.39, 0.29) is 10.9 Å². The zero-order valence-corrected chi connectivity index (χ0v) is 14.8. The maximum atomic E-state index is 13.2. The Hall–Kier alpha value is -1.86. The molecule has 0 unspecified atom stereocenters. The van der Waals surface area contributed by atoms with Gasteiger partial charge in [0.25, 0.3) is 0 Å². The first-order valence-corrected chi connectivity index (χ1v) is 9.55. The zero-order chi connectivity index (χ0) is 17.2. The van der Waals surface area contributed by atoms with Crippen LogP contribution in [0.2, 0.25) is 0 Å². The maximum absolute atomic E-state index is 13.2. The van der Waals surface area contributed by atoms with Gasteiger partial charge in [0.15, 0.2) is 0 Å². The van der Waals surface area contributed by atoms with Crippen molar-refractivity contribution < 1.29 is 17.7 Å². The number of hydrogen-bond donors (Lipinski definition) is 0. The van der Waals surface area contributed by atoms with Gasteiger partial charge in [-0.15, -0.1) is 0 Å². The standard InChI is InChI=1S/C17H22N2O4S/c1-13-12-16(18-23-13)17-6-4-3-5-11-19(17)24(20,21)15-9-7-14(22-2)8-10-15/h7-10,12,17H,3-6,11H2,1-2H3/t17-/m1/s1. The lowest BCUT2D eigenvalue weighted by Gasteiger charge is -2.27. The Morgan fingerprint density at radius 3 is 2.58 bits per heavy atom. The van der Waals surface area contributed by atoms with Gasteiger partial charge >= 0.3 is 0 Å². The fourth-order valence-corrected chi connectivity index (χ4v) is 4.76. The first-order valence-electron chi connectivity index (χ1n) is 8.11. The molecule has 1 atom stereocenters. The van der Waals surface area contributed by atoms with Gasteiger partial charge in [-0.3, -0.25) is 0 Å². The molecule has 2 aromatic rings. The van der Waals surface area contributed by atoms with Crippen LogP contribution < -0.4 is 4.74 Å². The first-order chi connectivity index (χ1) is 11.5. The number of sulfonamides is 1. The molecule has 1 fully saturated rings. The molecule has 1 aliphatic heterocycles. The van der Waals surface area contributed by atoms with Gasteiger partial charge in [0.05, 0.1) is 18.0 Å². The summed E-state index contributed by atoms with van der Waals surface area (Å²) in [5.74, 6) is 1.32. The summed E-state index contributed by atoms with van der Waals surface area (Å²) in [7, 11) is -2.05. The molecular weight excluding hydrogens is 328 g/mol. The van der Waals surface area contributed by atoms with Gasteiger partial charge in [0.2, 0.25) is 10.0 Å². The van der Waals surface area contributed by atoms with E-state index >= 15 is 0 Å². The van der Waals surface area contributed by atoms with E-state index < -0.39 is 10.0 Å². The fourth-order valence-electron chi connectivity index (χ4n) is 3.09. The minimum absolute atomic E-state index is 0.274. The van der Waals surface area contributed by atoms with Crippen molar-refractivity contribution in [3.05, 3.63) is 41.8 Å². The lowest BCUT2D eigenvalue weighted by molar-refractivity contribution is 0.304. The SMILES string of the molecule is COc1ccc(S(=O)(=O)N2CCCCC[C@@H]2c2cc(C)on2)cc1. The highest BCUT2D eigenvalue weighted by atomic mass is 32.2. The Balaban J connectivity index is 1.97. The van der Waals surface area contributed by atoms with E-state index in [9.17, 15) is 8.42 Å². The average molecular weight is 350 g/mol. The summed E-state index contributed by atoms with van der Waals surface area (Å²) in [5, 5.41) is 4.06. The van der Waals surface area contributed by atoms with Crippen LogP contribution in [0.3, 0.4) is 0 Å². The molecule has 6 nitrogen and oxygen atoms in total. The molecule has 7 heteroatoms. The van der Waals surface area contributed by atoms with E-state index in [1.807, 2.05) is 13.0 Å². The van der Waals surface area contributed by atoms with Crippen molar-refractivity contribution in [2.45, 2.75) is 43.5 Å². The highest BCUT2D eigenvalue weighted by molar-refractivity contribution is 7.89. The Kier molecular flexibility index (Phi) is 4.91. The van der Waals surface area contributed by atoms with Crippen molar-refractivity contribution >= 4 is 10.0 Å². The molecule has 0 N–H and O–H groups in total. The van der Waals surface area contributed by atoms with Crippen LogP contribution in [0.5, 0.6) is 5.75 Å². The number of rotatable bonds is 4. The third-order valence-corrected chi connectivity index (χ3v) is 6.28. The topological polar surface area (TPSA) is 72.6 Å². The first kappa shape index (κ1) is 17.0. The minimum Gasteiger partial charge on any atom is -0.497 e. The van der Waals surface area contributed by atoms with Gasteiger partial charge in [-0.05, 0) is 44.0 Å². The van der Waals surface area contributed by atoms with Crippen LogP contribution in [0.15, 0.2) is 39.8 Å². The van der Waals surface area contributed by atoms with E-state index in [0.29, 0.717) is 23.7 Å². The van der Waals surface area contributed by atoms with E-state index in [1.165, 1.54) is 0 Å². The maximum Gasteiger partial charge on any atom is 0.243 e. The lowest BCUT2D eigenvalue weighted by atomic mass is 10.1. The zero-order valence-electron chi connectivity index (χ0n) is 13.9. The molecule has 1 aromatic carbocycles. The molecule has 1 saturated heterocycles. The summed E-state index contributed by atoms with van der Waals surface area (Å²) in [6.07, 6.45) is 3.59. The predicted molar refractivity (Wildman–Crippen MR) is 89.3 cm³/mol. The number of benzene rings is 1. The normalized spacial score (nSPS) is 19.8. The molecule has 1 aliphatic rings. The van der Waals surface area contributed by atoms with Crippen LogP contribution >= 0.6 is 0 Å². The molecule has 130 valence electrons. The average Bonchev–Trinajstić information content (AvgIpc) is 2.86. The Morgan fingerprint density at radius 1 is 1.21 bits per heavy atom. The number of aryl methyl sites for hydroxylation is 1. The minimum atomic E-state index is -3.60. The van der Waals surface area contributed by atoms with Gasteiger partial charge < -0.3 is 9.26 Å². The van der Waals surface area contributed by atoms with E-state index in [1.54, 1.807) is 35.7 Å².